The topological polar surface area (TPSA) is 72.7 Å². The van der Waals surface area contributed by atoms with E-state index in [1.807, 2.05) is 6.07 Å². The summed E-state index contributed by atoms with van der Waals surface area (Å²) in [5, 5.41) is 15.9. The molecule has 2 aromatic rings. The van der Waals surface area contributed by atoms with Crippen LogP contribution in [0.15, 0.2) is 23.4 Å². The Hall–Kier alpha value is -1.89. The van der Waals surface area contributed by atoms with E-state index in [1.165, 1.54) is 36.6 Å². The molecule has 0 radical (unpaired) electrons. The molecule has 1 aromatic carbocycles. The number of carbonyl (C=O) groups excluding carboxylic acids is 1. The van der Waals surface area contributed by atoms with Crippen LogP contribution in [-0.4, -0.2) is 37.9 Å². The van der Waals surface area contributed by atoms with Crippen molar-refractivity contribution in [1.82, 2.24) is 25.5 Å². The molecular formula is C18H25N5OS. The molecule has 1 heterocycles. The van der Waals surface area contributed by atoms with Crippen LogP contribution in [0.1, 0.15) is 49.7 Å². The molecule has 1 fully saturated rings. The lowest BCUT2D eigenvalue weighted by molar-refractivity contribution is -0.121. The molecule has 1 aliphatic rings. The Balaban J connectivity index is 1.54. The van der Waals surface area contributed by atoms with Crippen LogP contribution in [0.3, 0.4) is 0 Å². The van der Waals surface area contributed by atoms with E-state index in [4.69, 9.17) is 0 Å². The minimum atomic E-state index is 0.130. The van der Waals surface area contributed by atoms with Crippen LogP contribution in [0.5, 0.6) is 0 Å². The Morgan fingerprint density at radius 2 is 2.08 bits per heavy atom. The zero-order valence-corrected chi connectivity index (χ0v) is 15.7. The SMILES string of the molecule is Cc1ccc(-n2nnnc2SCCC(=O)NC2CCCCC2)c(C)c1. The first-order chi connectivity index (χ1) is 12.1. The number of aromatic nitrogens is 4. The van der Waals surface area contributed by atoms with E-state index >= 15 is 0 Å². The normalized spacial score (nSPS) is 15.3. The van der Waals surface area contributed by atoms with Crippen molar-refractivity contribution in [1.29, 1.82) is 0 Å². The first kappa shape index (κ1) is 17.9. The Morgan fingerprint density at radius 1 is 1.28 bits per heavy atom. The summed E-state index contributed by atoms with van der Waals surface area (Å²) in [5.74, 6) is 0.800. The van der Waals surface area contributed by atoms with Crippen molar-refractivity contribution in [2.24, 2.45) is 0 Å². The summed E-state index contributed by atoms with van der Waals surface area (Å²) in [4.78, 5) is 12.1. The Kier molecular flexibility index (Phi) is 6.07. The van der Waals surface area contributed by atoms with E-state index in [9.17, 15) is 4.79 Å². The number of hydrogen-bond acceptors (Lipinski definition) is 5. The van der Waals surface area contributed by atoms with Gasteiger partial charge in [-0.1, -0.05) is 48.7 Å². The molecule has 1 saturated carbocycles. The number of benzene rings is 1. The van der Waals surface area contributed by atoms with Gasteiger partial charge in [-0.25, -0.2) is 0 Å². The molecule has 0 unspecified atom stereocenters. The molecule has 25 heavy (non-hydrogen) atoms. The average molecular weight is 359 g/mol. The fourth-order valence-corrected chi connectivity index (χ4v) is 4.07. The van der Waals surface area contributed by atoms with Crippen molar-refractivity contribution in [2.75, 3.05) is 5.75 Å². The van der Waals surface area contributed by atoms with E-state index in [0.717, 1.165) is 29.2 Å². The van der Waals surface area contributed by atoms with Crippen LogP contribution in [-0.2, 0) is 4.79 Å². The van der Waals surface area contributed by atoms with Gasteiger partial charge >= 0.3 is 0 Å². The third-order valence-electron chi connectivity index (χ3n) is 4.55. The van der Waals surface area contributed by atoms with Gasteiger partial charge in [-0.05, 0) is 48.7 Å². The highest BCUT2D eigenvalue weighted by Gasteiger charge is 2.16. The quantitative estimate of drug-likeness (QED) is 0.802. The maximum Gasteiger partial charge on any atom is 0.221 e. The molecule has 1 amide bonds. The molecule has 1 N–H and O–H groups in total. The largest absolute Gasteiger partial charge is 0.353 e. The van der Waals surface area contributed by atoms with Gasteiger partial charge in [0.1, 0.15) is 0 Å². The molecule has 0 aliphatic heterocycles. The fraction of sp³-hybridized carbons (Fsp3) is 0.556. The van der Waals surface area contributed by atoms with Crippen LogP contribution in [0, 0.1) is 13.8 Å². The first-order valence-electron chi connectivity index (χ1n) is 8.91. The summed E-state index contributed by atoms with van der Waals surface area (Å²) in [7, 11) is 0. The second-order valence-corrected chi connectivity index (χ2v) is 7.73. The molecule has 0 spiro atoms. The van der Waals surface area contributed by atoms with Gasteiger partial charge in [0.25, 0.3) is 0 Å². The summed E-state index contributed by atoms with van der Waals surface area (Å²) >= 11 is 1.52. The molecule has 1 aliphatic carbocycles. The summed E-state index contributed by atoms with van der Waals surface area (Å²) in [6.07, 6.45) is 6.46. The number of tetrazole rings is 1. The van der Waals surface area contributed by atoms with Gasteiger partial charge in [0.2, 0.25) is 11.1 Å². The van der Waals surface area contributed by atoms with E-state index in [-0.39, 0.29) is 5.91 Å². The fourth-order valence-electron chi connectivity index (χ4n) is 3.24. The number of amides is 1. The molecule has 6 nitrogen and oxygen atoms in total. The standard InChI is InChI=1S/C18H25N5OS/c1-13-8-9-16(14(2)12-13)23-18(20-21-22-23)25-11-10-17(24)19-15-6-4-3-5-7-15/h8-9,12,15H,3-7,10-11H2,1-2H3,(H,19,24). The van der Waals surface area contributed by atoms with Crippen molar-refractivity contribution < 1.29 is 4.79 Å². The highest BCUT2D eigenvalue weighted by molar-refractivity contribution is 7.99. The van der Waals surface area contributed by atoms with Gasteiger partial charge in [0, 0.05) is 18.2 Å². The highest BCUT2D eigenvalue weighted by Crippen LogP contribution is 2.22. The number of nitrogens with one attached hydrogen (secondary N) is 1. The molecule has 0 bridgehead atoms. The lowest BCUT2D eigenvalue weighted by Gasteiger charge is -2.22. The van der Waals surface area contributed by atoms with Crippen LogP contribution in [0.2, 0.25) is 0 Å². The predicted octanol–water partition coefficient (Wildman–Crippen LogP) is 3.21. The Labute approximate surface area is 152 Å². The summed E-state index contributed by atoms with van der Waals surface area (Å²) in [6.45, 7) is 4.12. The molecule has 7 heteroatoms. The predicted molar refractivity (Wildman–Crippen MR) is 99.0 cm³/mol. The van der Waals surface area contributed by atoms with Crippen molar-refractivity contribution in [2.45, 2.75) is 63.6 Å². The van der Waals surface area contributed by atoms with Crippen molar-refractivity contribution in [3.05, 3.63) is 29.3 Å². The number of carbonyl (C=O) groups is 1. The third-order valence-corrected chi connectivity index (χ3v) is 5.47. The van der Waals surface area contributed by atoms with E-state index < -0.39 is 0 Å². The minimum Gasteiger partial charge on any atom is -0.353 e. The van der Waals surface area contributed by atoms with Crippen LogP contribution in [0.25, 0.3) is 5.69 Å². The maximum atomic E-state index is 12.1. The first-order valence-corrected chi connectivity index (χ1v) is 9.90. The number of hydrogen-bond donors (Lipinski definition) is 1. The van der Waals surface area contributed by atoms with Crippen LogP contribution >= 0.6 is 11.8 Å². The Morgan fingerprint density at radius 3 is 2.84 bits per heavy atom. The number of rotatable bonds is 6. The molecule has 1 aromatic heterocycles. The van der Waals surface area contributed by atoms with Gasteiger partial charge in [0.15, 0.2) is 0 Å². The summed E-state index contributed by atoms with van der Waals surface area (Å²) in [6, 6.07) is 6.56. The smallest absolute Gasteiger partial charge is 0.221 e. The zero-order valence-electron chi connectivity index (χ0n) is 14.9. The number of nitrogens with zero attached hydrogens (tertiary/aromatic N) is 4. The third kappa shape index (κ3) is 4.81. The second kappa shape index (κ2) is 8.47. The maximum absolute atomic E-state index is 12.1. The van der Waals surface area contributed by atoms with Gasteiger partial charge in [-0.15, -0.1) is 5.10 Å². The van der Waals surface area contributed by atoms with Crippen molar-refractivity contribution in [3.8, 4) is 5.69 Å². The van der Waals surface area contributed by atoms with Gasteiger partial charge < -0.3 is 5.32 Å². The summed E-state index contributed by atoms with van der Waals surface area (Å²) in [5.41, 5.74) is 3.32. The van der Waals surface area contributed by atoms with Gasteiger partial charge in [-0.3, -0.25) is 4.79 Å². The molecule has 0 saturated heterocycles. The zero-order chi connectivity index (χ0) is 17.6. The van der Waals surface area contributed by atoms with E-state index in [2.05, 4.69) is 46.8 Å². The summed E-state index contributed by atoms with van der Waals surface area (Å²) < 4.78 is 1.75. The molecule has 3 rings (SSSR count). The lowest BCUT2D eigenvalue weighted by atomic mass is 9.95. The molecule has 0 atom stereocenters. The molecular weight excluding hydrogens is 334 g/mol. The van der Waals surface area contributed by atoms with Crippen LogP contribution in [0.4, 0.5) is 0 Å². The Bertz CT molecular complexity index is 724. The van der Waals surface area contributed by atoms with Crippen LogP contribution < -0.4 is 5.32 Å². The van der Waals surface area contributed by atoms with Crippen molar-refractivity contribution >= 4 is 17.7 Å². The number of thioether (sulfide) groups is 1. The monoisotopic (exact) mass is 359 g/mol. The molecule has 134 valence electrons. The number of aryl methyl sites for hydroxylation is 2. The van der Waals surface area contributed by atoms with Gasteiger partial charge in [0.05, 0.1) is 5.69 Å². The van der Waals surface area contributed by atoms with Gasteiger partial charge in [-0.2, -0.15) is 4.68 Å². The lowest BCUT2D eigenvalue weighted by Crippen LogP contribution is -2.36. The van der Waals surface area contributed by atoms with E-state index in [1.54, 1.807) is 4.68 Å². The average Bonchev–Trinajstić information content (AvgIpc) is 3.04. The minimum absolute atomic E-state index is 0.130. The van der Waals surface area contributed by atoms with E-state index in [0.29, 0.717) is 18.2 Å². The highest BCUT2D eigenvalue weighted by atomic mass is 32.2. The second-order valence-electron chi connectivity index (χ2n) is 6.66. The van der Waals surface area contributed by atoms with Crippen molar-refractivity contribution in [3.63, 3.8) is 0 Å².